The zero-order valence-electron chi connectivity index (χ0n) is 10.9. The molecular weight excluding hydrogens is 234 g/mol. The lowest BCUT2D eigenvalue weighted by molar-refractivity contribution is -0.123. The third-order valence-electron chi connectivity index (χ3n) is 4.20. The van der Waals surface area contributed by atoms with Gasteiger partial charge in [-0.15, -0.1) is 0 Å². The second kappa shape index (κ2) is 5.94. The van der Waals surface area contributed by atoms with Crippen molar-refractivity contribution < 1.29 is 13.6 Å². The Morgan fingerprint density at radius 2 is 1.78 bits per heavy atom. The quantitative estimate of drug-likeness (QED) is 0.702. The Labute approximate surface area is 108 Å². The van der Waals surface area contributed by atoms with Crippen LogP contribution in [-0.4, -0.2) is 11.7 Å². The molecule has 0 N–H and O–H groups in total. The molecule has 1 fully saturated rings. The Kier molecular flexibility index (Phi) is 4.52. The molecular formula is C15H22F2O. The molecule has 2 rings (SSSR count). The maximum absolute atomic E-state index is 13.1. The summed E-state index contributed by atoms with van der Waals surface area (Å²) in [5, 5.41) is 0. The normalized spacial score (nSPS) is 26.0. The summed E-state index contributed by atoms with van der Waals surface area (Å²) < 4.78 is 26.2. The van der Waals surface area contributed by atoms with Crippen molar-refractivity contribution in [3.8, 4) is 0 Å². The van der Waals surface area contributed by atoms with Crippen molar-refractivity contribution in [2.75, 3.05) is 0 Å². The van der Waals surface area contributed by atoms with Crippen LogP contribution >= 0.6 is 0 Å². The van der Waals surface area contributed by atoms with Crippen molar-refractivity contribution in [3.05, 3.63) is 11.6 Å². The van der Waals surface area contributed by atoms with Gasteiger partial charge in [0.15, 0.2) is 5.78 Å². The lowest BCUT2D eigenvalue weighted by Gasteiger charge is -2.28. The molecule has 0 unspecified atom stereocenters. The molecule has 0 heterocycles. The van der Waals surface area contributed by atoms with Gasteiger partial charge in [-0.3, -0.25) is 4.79 Å². The van der Waals surface area contributed by atoms with Crippen LogP contribution in [0.5, 0.6) is 0 Å². The molecule has 0 radical (unpaired) electrons. The Morgan fingerprint density at radius 3 is 2.50 bits per heavy atom. The number of hydrogen-bond acceptors (Lipinski definition) is 1. The summed E-state index contributed by atoms with van der Waals surface area (Å²) in [6, 6.07) is 0. The highest BCUT2D eigenvalue weighted by atomic mass is 19.3. The number of Topliss-reactive ketones (excluding diaryl/α,β-unsaturated/α-hetero) is 1. The molecule has 0 atom stereocenters. The van der Waals surface area contributed by atoms with Gasteiger partial charge in [0.25, 0.3) is 0 Å². The summed E-state index contributed by atoms with van der Waals surface area (Å²) in [6.45, 7) is 0. The lowest BCUT2D eigenvalue weighted by atomic mass is 9.80. The first-order chi connectivity index (χ1) is 8.58. The van der Waals surface area contributed by atoms with Crippen molar-refractivity contribution >= 4 is 5.78 Å². The summed E-state index contributed by atoms with van der Waals surface area (Å²) in [5.74, 6) is -2.52. The second-order valence-electron chi connectivity index (χ2n) is 5.68. The number of carbonyl (C=O) groups is 1. The molecule has 1 saturated carbocycles. The van der Waals surface area contributed by atoms with Gasteiger partial charge in [0.05, 0.1) is 0 Å². The summed E-state index contributed by atoms with van der Waals surface area (Å²) >= 11 is 0. The fourth-order valence-electron chi connectivity index (χ4n) is 2.98. The van der Waals surface area contributed by atoms with E-state index in [9.17, 15) is 13.6 Å². The van der Waals surface area contributed by atoms with Crippen LogP contribution < -0.4 is 0 Å². The molecule has 0 aromatic heterocycles. The van der Waals surface area contributed by atoms with E-state index in [-0.39, 0.29) is 24.5 Å². The first-order valence-electron chi connectivity index (χ1n) is 7.19. The van der Waals surface area contributed by atoms with E-state index in [0.717, 1.165) is 31.3 Å². The molecule has 0 aromatic rings. The molecule has 1 nitrogen and oxygen atoms in total. The number of allylic oxidation sites excluding steroid dienone is 2. The highest BCUT2D eigenvalue weighted by molar-refractivity contribution is 5.97. The highest BCUT2D eigenvalue weighted by Crippen LogP contribution is 2.38. The average Bonchev–Trinajstić information content (AvgIpc) is 2.27. The summed E-state index contributed by atoms with van der Waals surface area (Å²) in [7, 11) is 0. The molecule has 2 aliphatic carbocycles. The van der Waals surface area contributed by atoms with Gasteiger partial charge in [0.1, 0.15) is 0 Å². The second-order valence-corrected chi connectivity index (χ2v) is 5.68. The monoisotopic (exact) mass is 256 g/mol. The third-order valence-corrected chi connectivity index (χ3v) is 4.20. The molecule has 0 aromatic carbocycles. The van der Waals surface area contributed by atoms with Gasteiger partial charge in [-0.1, -0.05) is 18.9 Å². The summed E-state index contributed by atoms with van der Waals surface area (Å²) in [4.78, 5) is 12.3. The van der Waals surface area contributed by atoms with Crippen LogP contribution in [0.4, 0.5) is 8.78 Å². The largest absolute Gasteiger partial charge is 0.294 e. The topological polar surface area (TPSA) is 17.1 Å². The predicted molar refractivity (Wildman–Crippen MR) is 67.7 cm³/mol. The Bertz CT molecular complexity index is 323. The Hall–Kier alpha value is -0.730. The van der Waals surface area contributed by atoms with Gasteiger partial charge >= 0.3 is 0 Å². The van der Waals surface area contributed by atoms with E-state index in [4.69, 9.17) is 0 Å². The number of halogens is 2. The van der Waals surface area contributed by atoms with Crippen LogP contribution in [0.15, 0.2) is 11.6 Å². The van der Waals surface area contributed by atoms with Gasteiger partial charge in [-0.05, 0) is 44.1 Å². The highest BCUT2D eigenvalue weighted by Gasteiger charge is 2.37. The minimum absolute atomic E-state index is 0.114. The van der Waals surface area contributed by atoms with Crippen LogP contribution in [0, 0.1) is 5.92 Å². The summed E-state index contributed by atoms with van der Waals surface area (Å²) in [5.41, 5.74) is 0.921. The lowest BCUT2D eigenvalue weighted by Crippen LogP contribution is -2.29. The maximum atomic E-state index is 13.1. The van der Waals surface area contributed by atoms with Crippen LogP contribution in [0.25, 0.3) is 0 Å². The zero-order chi connectivity index (χ0) is 13.0. The van der Waals surface area contributed by atoms with E-state index in [1.165, 1.54) is 12.8 Å². The molecule has 2 aliphatic rings. The van der Waals surface area contributed by atoms with Crippen molar-refractivity contribution in [1.82, 2.24) is 0 Å². The standard InChI is InChI=1S/C15H22F2O/c16-15(17)10-8-13(9-11-15)14(18)12-6-4-2-1-3-5-7-12/h6,13H,1-5,7-11H2. The molecule has 18 heavy (non-hydrogen) atoms. The van der Waals surface area contributed by atoms with E-state index in [1.807, 2.05) is 0 Å². The van der Waals surface area contributed by atoms with Crippen molar-refractivity contribution in [1.29, 1.82) is 0 Å². The Morgan fingerprint density at radius 1 is 1.11 bits per heavy atom. The van der Waals surface area contributed by atoms with E-state index in [1.54, 1.807) is 0 Å². The first-order valence-corrected chi connectivity index (χ1v) is 7.19. The molecule has 0 aliphatic heterocycles. The van der Waals surface area contributed by atoms with Gasteiger partial charge < -0.3 is 0 Å². The molecule has 0 bridgehead atoms. The molecule has 0 saturated heterocycles. The van der Waals surface area contributed by atoms with Crippen molar-refractivity contribution in [2.24, 2.45) is 5.92 Å². The maximum Gasteiger partial charge on any atom is 0.248 e. The molecule has 102 valence electrons. The molecule has 3 heteroatoms. The van der Waals surface area contributed by atoms with Gasteiger partial charge in [0.2, 0.25) is 5.92 Å². The van der Waals surface area contributed by atoms with E-state index in [2.05, 4.69) is 6.08 Å². The van der Waals surface area contributed by atoms with E-state index >= 15 is 0 Å². The van der Waals surface area contributed by atoms with E-state index in [0.29, 0.717) is 12.8 Å². The van der Waals surface area contributed by atoms with Crippen molar-refractivity contribution in [3.63, 3.8) is 0 Å². The summed E-state index contributed by atoms with van der Waals surface area (Å²) in [6.07, 6.45) is 9.05. The van der Waals surface area contributed by atoms with Gasteiger partial charge in [-0.25, -0.2) is 8.78 Å². The van der Waals surface area contributed by atoms with Crippen LogP contribution in [-0.2, 0) is 4.79 Å². The number of ketones is 1. The predicted octanol–water partition coefficient (Wildman–Crippen LogP) is 4.66. The number of hydrogen-bond donors (Lipinski definition) is 0. The van der Waals surface area contributed by atoms with Gasteiger partial charge in [0, 0.05) is 18.8 Å². The van der Waals surface area contributed by atoms with Crippen LogP contribution in [0.3, 0.4) is 0 Å². The molecule has 0 amide bonds. The average molecular weight is 256 g/mol. The SMILES string of the molecule is O=C(C1=CCCCCCC1)C1CCC(F)(F)CC1. The first kappa shape index (κ1) is 13.7. The zero-order valence-corrected chi connectivity index (χ0v) is 10.9. The number of carbonyl (C=O) groups excluding carboxylic acids is 1. The minimum Gasteiger partial charge on any atom is -0.294 e. The minimum atomic E-state index is -2.54. The number of rotatable bonds is 2. The smallest absolute Gasteiger partial charge is 0.248 e. The van der Waals surface area contributed by atoms with Crippen molar-refractivity contribution in [2.45, 2.75) is 70.1 Å². The van der Waals surface area contributed by atoms with Crippen LogP contribution in [0.1, 0.15) is 64.2 Å². The number of alkyl halides is 2. The fraction of sp³-hybridized carbons (Fsp3) is 0.800. The van der Waals surface area contributed by atoms with Gasteiger partial charge in [-0.2, -0.15) is 0 Å². The fourth-order valence-corrected chi connectivity index (χ4v) is 2.98. The molecule has 0 spiro atoms. The van der Waals surface area contributed by atoms with Crippen LogP contribution in [0.2, 0.25) is 0 Å². The third kappa shape index (κ3) is 3.63. The Balaban J connectivity index is 1.94. The van der Waals surface area contributed by atoms with E-state index < -0.39 is 5.92 Å².